The third-order valence-electron chi connectivity index (χ3n) is 2.73. The minimum atomic E-state index is -1.15. The molecule has 0 spiro atoms. The maximum atomic E-state index is 11.6. The van der Waals surface area contributed by atoms with Crippen LogP contribution in [0.1, 0.15) is 0 Å². The van der Waals surface area contributed by atoms with Gasteiger partial charge in [-0.15, -0.1) is 0 Å². The number of carbonyl (C=O) groups is 2. The lowest BCUT2D eigenvalue weighted by Crippen LogP contribution is -2.39. The summed E-state index contributed by atoms with van der Waals surface area (Å²) >= 11 is 0. The molecule has 5 heteroatoms. The van der Waals surface area contributed by atoms with Gasteiger partial charge in [-0.3, -0.25) is 9.59 Å². The third-order valence-corrected chi connectivity index (χ3v) is 2.73. The van der Waals surface area contributed by atoms with Gasteiger partial charge in [0, 0.05) is 31.7 Å². The summed E-state index contributed by atoms with van der Waals surface area (Å²) in [5.41, 5.74) is 0. The first-order chi connectivity index (χ1) is 8.06. The molecule has 5 nitrogen and oxygen atoms in total. The number of aliphatic hydroxyl groups is 3. The average molecular weight is 242 g/mol. The number of allylic oxidation sites excluding steroid dienone is 2. The molecule has 0 bridgehead atoms. The predicted molar refractivity (Wildman–Crippen MR) is 62.1 cm³/mol. The second kappa shape index (κ2) is 7.89. The van der Waals surface area contributed by atoms with Gasteiger partial charge < -0.3 is 15.3 Å². The number of hydrogen-bond acceptors (Lipinski definition) is 5. The molecule has 0 aliphatic carbocycles. The molecule has 3 N–H and O–H groups in total. The van der Waals surface area contributed by atoms with Crippen molar-refractivity contribution in [3.05, 3.63) is 25.3 Å². The Morgan fingerprint density at radius 2 is 1.35 bits per heavy atom. The van der Waals surface area contributed by atoms with Gasteiger partial charge in [-0.05, 0) is 12.2 Å². The van der Waals surface area contributed by atoms with Gasteiger partial charge in [0.05, 0.1) is 5.92 Å². The molecule has 96 valence electrons. The molecule has 0 heterocycles. The Balaban J connectivity index is 5.23. The molecule has 0 fully saturated rings. The van der Waals surface area contributed by atoms with Crippen LogP contribution >= 0.6 is 0 Å². The highest BCUT2D eigenvalue weighted by Gasteiger charge is 2.35. The fourth-order valence-corrected chi connectivity index (χ4v) is 1.67. The van der Waals surface area contributed by atoms with Gasteiger partial charge in [0.1, 0.15) is 0 Å². The summed E-state index contributed by atoms with van der Waals surface area (Å²) in [5.74, 6) is -3.85. The molecule has 0 saturated heterocycles. The molecule has 0 amide bonds. The Bertz CT molecular complexity index is 273. The van der Waals surface area contributed by atoms with Crippen molar-refractivity contribution in [3.63, 3.8) is 0 Å². The lowest BCUT2D eigenvalue weighted by molar-refractivity contribution is -0.132. The standard InChI is InChI=1S/C12H18O5/c1-3-10(16)12(11(17)4-2)9(7-15)8(5-13)6-14/h3-4,8-9,12-15H,1-2,5-7H2. The Morgan fingerprint density at radius 3 is 1.59 bits per heavy atom. The summed E-state index contributed by atoms with van der Waals surface area (Å²) < 4.78 is 0. The summed E-state index contributed by atoms with van der Waals surface area (Å²) in [5, 5.41) is 27.3. The first-order valence-corrected chi connectivity index (χ1v) is 5.22. The van der Waals surface area contributed by atoms with Crippen LogP contribution in [-0.2, 0) is 9.59 Å². The fourth-order valence-electron chi connectivity index (χ4n) is 1.67. The van der Waals surface area contributed by atoms with E-state index in [2.05, 4.69) is 13.2 Å². The van der Waals surface area contributed by atoms with Gasteiger partial charge >= 0.3 is 0 Å². The average Bonchev–Trinajstić information content (AvgIpc) is 2.37. The maximum Gasteiger partial charge on any atom is 0.166 e. The van der Waals surface area contributed by atoms with E-state index in [0.29, 0.717) is 0 Å². The van der Waals surface area contributed by atoms with Crippen LogP contribution in [0.15, 0.2) is 25.3 Å². The van der Waals surface area contributed by atoms with Crippen molar-refractivity contribution in [2.75, 3.05) is 19.8 Å². The van der Waals surface area contributed by atoms with E-state index in [0.717, 1.165) is 12.2 Å². The number of carbonyl (C=O) groups excluding carboxylic acids is 2. The maximum absolute atomic E-state index is 11.6. The molecule has 0 aromatic carbocycles. The largest absolute Gasteiger partial charge is 0.396 e. The molecular formula is C12H18O5. The highest BCUT2D eigenvalue weighted by molar-refractivity contribution is 6.11. The van der Waals surface area contributed by atoms with Gasteiger partial charge in [-0.1, -0.05) is 13.2 Å². The molecule has 17 heavy (non-hydrogen) atoms. The summed E-state index contributed by atoms with van der Waals surface area (Å²) in [6.07, 6.45) is 1.97. The Hall–Kier alpha value is -1.30. The molecular weight excluding hydrogens is 224 g/mol. The highest BCUT2D eigenvalue weighted by atomic mass is 16.3. The summed E-state index contributed by atoms with van der Waals surface area (Å²) in [4.78, 5) is 23.2. The van der Waals surface area contributed by atoms with Crippen LogP contribution in [0.4, 0.5) is 0 Å². The Morgan fingerprint density at radius 1 is 0.941 bits per heavy atom. The lowest BCUT2D eigenvalue weighted by Gasteiger charge is -2.27. The van der Waals surface area contributed by atoms with Crippen molar-refractivity contribution in [3.8, 4) is 0 Å². The minimum Gasteiger partial charge on any atom is -0.396 e. The first-order valence-electron chi connectivity index (χ1n) is 5.22. The first kappa shape index (κ1) is 15.7. The van der Waals surface area contributed by atoms with Crippen molar-refractivity contribution in [1.82, 2.24) is 0 Å². The minimum absolute atomic E-state index is 0.424. The van der Waals surface area contributed by atoms with E-state index < -0.39 is 49.1 Å². The van der Waals surface area contributed by atoms with Crippen molar-refractivity contribution >= 4 is 11.6 Å². The van der Waals surface area contributed by atoms with E-state index in [9.17, 15) is 14.7 Å². The van der Waals surface area contributed by atoms with Crippen LogP contribution in [0, 0.1) is 17.8 Å². The van der Waals surface area contributed by atoms with Gasteiger partial charge in [-0.25, -0.2) is 0 Å². The molecule has 1 unspecified atom stereocenters. The molecule has 1 atom stereocenters. The van der Waals surface area contributed by atoms with E-state index in [-0.39, 0.29) is 0 Å². The predicted octanol–water partition coefficient (Wildman–Crippen LogP) is -0.678. The summed E-state index contributed by atoms with van der Waals surface area (Å²) in [6.45, 7) is 5.23. The summed E-state index contributed by atoms with van der Waals surface area (Å²) in [7, 11) is 0. The second-order valence-corrected chi connectivity index (χ2v) is 3.66. The zero-order valence-corrected chi connectivity index (χ0v) is 9.58. The van der Waals surface area contributed by atoms with Crippen LogP contribution in [0.25, 0.3) is 0 Å². The fraction of sp³-hybridized carbons (Fsp3) is 0.500. The van der Waals surface area contributed by atoms with Crippen LogP contribution in [0.5, 0.6) is 0 Å². The third kappa shape index (κ3) is 3.89. The highest BCUT2D eigenvalue weighted by Crippen LogP contribution is 2.23. The summed E-state index contributed by atoms with van der Waals surface area (Å²) in [6, 6.07) is 0. The van der Waals surface area contributed by atoms with Crippen LogP contribution in [0.2, 0.25) is 0 Å². The van der Waals surface area contributed by atoms with Crippen LogP contribution in [0.3, 0.4) is 0 Å². The van der Waals surface area contributed by atoms with Gasteiger partial charge in [0.2, 0.25) is 0 Å². The van der Waals surface area contributed by atoms with Crippen LogP contribution in [-0.4, -0.2) is 46.7 Å². The van der Waals surface area contributed by atoms with Crippen molar-refractivity contribution < 1.29 is 24.9 Å². The van der Waals surface area contributed by atoms with Crippen molar-refractivity contribution in [1.29, 1.82) is 0 Å². The molecule has 0 saturated carbocycles. The van der Waals surface area contributed by atoms with Gasteiger partial charge in [0.15, 0.2) is 11.6 Å². The number of aliphatic hydroxyl groups excluding tert-OH is 3. The molecule has 0 aromatic heterocycles. The number of hydrogen-bond donors (Lipinski definition) is 3. The smallest absolute Gasteiger partial charge is 0.166 e. The van der Waals surface area contributed by atoms with Gasteiger partial charge in [0.25, 0.3) is 0 Å². The molecule has 0 aromatic rings. The normalized spacial score (nSPS) is 12.5. The van der Waals surface area contributed by atoms with Crippen LogP contribution < -0.4 is 0 Å². The van der Waals surface area contributed by atoms with E-state index in [1.807, 2.05) is 0 Å². The number of rotatable bonds is 9. The van der Waals surface area contributed by atoms with Gasteiger partial charge in [-0.2, -0.15) is 0 Å². The molecule has 0 aliphatic rings. The topological polar surface area (TPSA) is 94.8 Å². The quantitative estimate of drug-likeness (QED) is 0.368. The lowest BCUT2D eigenvalue weighted by atomic mass is 9.78. The van der Waals surface area contributed by atoms with E-state index in [1.54, 1.807) is 0 Å². The van der Waals surface area contributed by atoms with Crippen molar-refractivity contribution in [2.24, 2.45) is 17.8 Å². The molecule has 0 radical (unpaired) electrons. The monoisotopic (exact) mass is 242 g/mol. The number of ketones is 2. The zero-order chi connectivity index (χ0) is 13.4. The van der Waals surface area contributed by atoms with E-state index in [4.69, 9.17) is 10.2 Å². The zero-order valence-electron chi connectivity index (χ0n) is 9.58. The Kier molecular flexibility index (Phi) is 7.29. The van der Waals surface area contributed by atoms with Crippen molar-refractivity contribution in [2.45, 2.75) is 0 Å². The Labute approximate surface area is 100 Å². The van der Waals surface area contributed by atoms with E-state index >= 15 is 0 Å². The van der Waals surface area contributed by atoms with E-state index in [1.165, 1.54) is 0 Å². The molecule has 0 rings (SSSR count). The SMILES string of the molecule is C=CC(=O)C(C(=O)C=C)C(CO)C(CO)CO. The second-order valence-electron chi connectivity index (χ2n) is 3.66. The molecule has 0 aliphatic heterocycles.